The predicted octanol–water partition coefficient (Wildman–Crippen LogP) is 3.89. The van der Waals surface area contributed by atoms with Gasteiger partial charge in [0, 0.05) is 22.6 Å². The van der Waals surface area contributed by atoms with E-state index in [0.29, 0.717) is 13.9 Å². The number of hydrogen-bond donors (Lipinski definition) is 1. The van der Waals surface area contributed by atoms with Gasteiger partial charge in [0.05, 0.1) is 13.9 Å². The van der Waals surface area contributed by atoms with Gasteiger partial charge >= 0.3 is 0 Å². The van der Waals surface area contributed by atoms with Crippen molar-refractivity contribution in [2.24, 2.45) is 0 Å². The molecule has 0 heterocycles. The second kappa shape index (κ2) is 4.04. The van der Waals surface area contributed by atoms with Gasteiger partial charge in [0.2, 0.25) is 0 Å². The van der Waals surface area contributed by atoms with Crippen LogP contribution in [0.2, 0.25) is 0 Å². The van der Waals surface area contributed by atoms with Crippen molar-refractivity contribution in [2.45, 2.75) is 4.90 Å². The van der Waals surface area contributed by atoms with Crippen molar-refractivity contribution in [1.82, 2.24) is 0 Å². The highest BCUT2D eigenvalue weighted by atomic mass is 32.1. The van der Waals surface area contributed by atoms with E-state index in [-0.39, 0.29) is 5.69 Å². The Hall–Kier alpha value is -1.11. The van der Waals surface area contributed by atoms with Crippen LogP contribution in [0, 0.1) is 19.1 Å². The minimum Gasteiger partial charge on any atom is -0.258 e. The van der Waals surface area contributed by atoms with Gasteiger partial charge in [-0.05, 0) is 17.7 Å². The molecule has 0 aliphatic rings. The Morgan fingerprint density at radius 1 is 1.12 bits per heavy atom. The molecule has 0 atom stereocenters. The van der Waals surface area contributed by atoms with Crippen LogP contribution in [0.15, 0.2) is 29.2 Å². The number of nitrogens with zero attached hydrogens (tertiary/aromatic N) is 1. The third kappa shape index (κ3) is 1.68. The maximum atomic E-state index is 10.5. The van der Waals surface area contributed by atoms with Gasteiger partial charge < -0.3 is 0 Å². The molecule has 2 rings (SSSR count). The van der Waals surface area contributed by atoms with Crippen LogP contribution >= 0.6 is 37.1 Å². The van der Waals surface area contributed by atoms with E-state index in [4.69, 9.17) is 24.4 Å². The van der Waals surface area contributed by atoms with Crippen molar-refractivity contribution >= 4 is 42.8 Å². The molecule has 3 nitrogen and oxygen atoms in total. The molecule has 0 aliphatic carbocycles. The summed E-state index contributed by atoms with van der Waals surface area (Å²) >= 11 is 14.3. The Morgan fingerprint density at radius 3 is 2.12 bits per heavy atom. The van der Waals surface area contributed by atoms with Crippen LogP contribution in [0.4, 0.5) is 5.69 Å². The van der Waals surface area contributed by atoms with Gasteiger partial charge in [-0.25, -0.2) is 0 Å². The zero-order valence-corrected chi connectivity index (χ0v) is 10.4. The van der Waals surface area contributed by atoms with E-state index >= 15 is 0 Å². The zero-order chi connectivity index (χ0) is 11.9. The molecule has 6 heteroatoms. The Labute approximate surface area is 107 Å². The number of benzene rings is 1. The van der Waals surface area contributed by atoms with Crippen molar-refractivity contribution in [3.63, 3.8) is 0 Å². The summed E-state index contributed by atoms with van der Waals surface area (Å²) in [5.41, 5.74) is 1.67. The van der Waals surface area contributed by atoms with Gasteiger partial charge in [-0.3, -0.25) is 10.1 Å². The van der Waals surface area contributed by atoms with Crippen LogP contribution in [0.3, 0.4) is 0 Å². The second-order valence-corrected chi connectivity index (χ2v) is 4.45. The molecule has 0 saturated heterocycles. The van der Waals surface area contributed by atoms with Gasteiger partial charge in [-0.15, -0.1) is 12.6 Å². The normalized spacial score (nSPS) is 10.6. The Kier molecular flexibility index (Phi) is 2.88. The highest BCUT2D eigenvalue weighted by molar-refractivity contribution is 7.81. The maximum Gasteiger partial charge on any atom is 0.269 e. The molecule has 0 amide bonds. The summed E-state index contributed by atoms with van der Waals surface area (Å²) in [6.07, 6.45) is 0. The molecule has 0 fully saturated rings. The smallest absolute Gasteiger partial charge is 0.258 e. The van der Waals surface area contributed by atoms with Crippen LogP contribution in [0.25, 0.3) is 11.1 Å². The van der Waals surface area contributed by atoms with Gasteiger partial charge in [0.1, 0.15) is 0 Å². The lowest BCUT2D eigenvalue weighted by molar-refractivity contribution is -0.384. The number of rotatable bonds is 2. The zero-order valence-electron chi connectivity index (χ0n) is 7.84. The van der Waals surface area contributed by atoms with E-state index in [1.165, 1.54) is 12.1 Å². The molecule has 80 valence electrons. The van der Waals surface area contributed by atoms with Gasteiger partial charge in [0.15, 0.2) is 0 Å². The first-order chi connectivity index (χ1) is 7.52. The SMILES string of the molecule is O=[N+]([O-])c1ccc(-c2c(S)c(=S)c2=S)cc1. The third-order valence-corrected chi connectivity index (χ3v) is 3.80. The summed E-state index contributed by atoms with van der Waals surface area (Å²) in [5, 5.41) is 10.5. The van der Waals surface area contributed by atoms with Crippen LogP contribution in [0.5, 0.6) is 0 Å². The minimum absolute atomic E-state index is 0.0536. The molecule has 0 aliphatic heterocycles. The molecule has 16 heavy (non-hydrogen) atoms. The standard InChI is InChI=1S/C10H5NO2S3/c12-11(13)6-3-1-5(2-4-6)7-8(14)10(16)9(7)15/h1-4,14H. The van der Waals surface area contributed by atoms with Crippen LogP contribution < -0.4 is 0 Å². The Balaban J connectivity index is 2.48. The average molecular weight is 267 g/mol. The number of nitro benzene ring substituents is 1. The lowest BCUT2D eigenvalue weighted by atomic mass is 10.0. The van der Waals surface area contributed by atoms with E-state index in [0.717, 1.165) is 11.1 Å². The van der Waals surface area contributed by atoms with Crippen molar-refractivity contribution < 1.29 is 4.92 Å². The topological polar surface area (TPSA) is 43.1 Å². The molecule has 0 unspecified atom stereocenters. The fourth-order valence-electron chi connectivity index (χ4n) is 1.40. The first-order valence-electron chi connectivity index (χ1n) is 4.29. The highest BCUT2D eigenvalue weighted by Crippen LogP contribution is 2.35. The molecule has 0 aromatic heterocycles. The first kappa shape index (κ1) is 11.4. The summed E-state index contributed by atoms with van der Waals surface area (Å²) in [7, 11) is 0. The van der Waals surface area contributed by atoms with Gasteiger partial charge in [-0.1, -0.05) is 24.4 Å². The molecule has 0 radical (unpaired) electrons. The fraction of sp³-hybridized carbons (Fsp3) is 0. The molecule has 2 aromatic carbocycles. The minimum atomic E-state index is -0.441. The van der Waals surface area contributed by atoms with Crippen molar-refractivity contribution in [1.29, 1.82) is 0 Å². The lowest BCUT2D eigenvalue weighted by Crippen LogP contribution is -1.91. The summed E-state index contributed by atoms with van der Waals surface area (Å²) in [6, 6.07) is 6.18. The fourth-order valence-corrected chi connectivity index (χ4v) is 2.43. The van der Waals surface area contributed by atoms with Crippen molar-refractivity contribution in [3.05, 3.63) is 43.4 Å². The third-order valence-electron chi connectivity index (χ3n) is 2.25. The van der Waals surface area contributed by atoms with E-state index in [1.807, 2.05) is 0 Å². The number of thiol groups is 1. The largest absolute Gasteiger partial charge is 0.269 e. The van der Waals surface area contributed by atoms with E-state index in [9.17, 15) is 10.1 Å². The van der Waals surface area contributed by atoms with E-state index in [1.54, 1.807) is 12.1 Å². The molecule has 0 saturated carbocycles. The molecular formula is C10H5NO2S3. The first-order valence-corrected chi connectivity index (χ1v) is 5.56. The van der Waals surface area contributed by atoms with Gasteiger partial charge in [-0.2, -0.15) is 0 Å². The maximum absolute atomic E-state index is 10.5. The Morgan fingerprint density at radius 2 is 1.69 bits per heavy atom. The molecule has 0 spiro atoms. The lowest BCUT2D eigenvalue weighted by Gasteiger charge is -2.09. The monoisotopic (exact) mass is 267 g/mol. The average Bonchev–Trinajstić information content (AvgIpc) is 2.29. The van der Waals surface area contributed by atoms with E-state index < -0.39 is 4.92 Å². The molecule has 0 bridgehead atoms. The quantitative estimate of drug-likeness (QED) is 0.388. The van der Waals surface area contributed by atoms with Crippen molar-refractivity contribution in [2.75, 3.05) is 0 Å². The highest BCUT2D eigenvalue weighted by Gasteiger charge is 2.14. The number of non-ortho nitro benzene ring substituents is 1. The number of nitro groups is 1. The van der Waals surface area contributed by atoms with E-state index in [2.05, 4.69) is 12.6 Å². The molecule has 0 N–H and O–H groups in total. The van der Waals surface area contributed by atoms with Crippen molar-refractivity contribution in [3.8, 4) is 11.1 Å². The Bertz CT molecular complexity index is 639. The van der Waals surface area contributed by atoms with Crippen LogP contribution in [-0.2, 0) is 0 Å². The summed E-state index contributed by atoms with van der Waals surface area (Å²) in [5.74, 6) is 0. The van der Waals surface area contributed by atoms with Crippen LogP contribution in [0.1, 0.15) is 0 Å². The number of hydrogen-bond acceptors (Lipinski definition) is 5. The van der Waals surface area contributed by atoms with Gasteiger partial charge in [0.25, 0.3) is 5.69 Å². The van der Waals surface area contributed by atoms with Crippen LogP contribution in [-0.4, -0.2) is 4.92 Å². The second-order valence-electron chi connectivity index (χ2n) is 3.19. The summed E-state index contributed by atoms with van der Waals surface area (Å²) in [6.45, 7) is 0. The molecular weight excluding hydrogens is 262 g/mol. The molecule has 2 aromatic rings. The predicted molar refractivity (Wildman–Crippen MR) is 69.8 cm³/mol. The summed E-state index contributed by atoms with van der Waals surface area (Å²) < 4.78 is 1.19. The summed E-state index contributed by atoms with van der Waals surface area (Å²) in [4.78, 5) is 10.7.